The number of amides is 1. The topological polar surface area (TPSA) is 56.7 Å². The van der Waals surface area contributed by atoms with Gasteiger partial charge in [-0.3, -0.25) is 9.78 Å². The molecule has 1 amide bonds. The normalized spacial score (nSPS) is 25.1. The summed E-state index contributed by atoms with van der Waals surface area (Å²) in [6.07, 6.45) is 6.46. The van der Waals surface area contributed by atoms with Gasteiger partial charge in [0.05, 0.1) is 18.7 Å². The van der Waals surface area contributed by atoms with Gasteiger partial charge >= 0.3 is 0 Å². The van der Waals surface area contributed by atoms with Crippen LogP contribution >= 0.6 is 0 Å². The number of hydrogen-bond acceptors (Lipinski definition) is 4. The second kappa shape index (κ2) is 7.20. The highest BCUT2D eigenvalue weighted by Gasteiger charge is 2.49. The molecule has 1 N–H and O–H groups in total. The van der Waals surface area contributed by atoms with Gasteiger partial charge < -0.3 is 14.9 Å². The summed E-state index contributed by atoms with van der Waals surface area (Å²) in [7, 11) is 2.04. The van der Waals surface area contributed by atoms with Crippen LogP contribution in [-0.2, 0) is 4.79 Å². The van der Waals surface area contributed by atoms with Crippen molar-refractivity contribution < 1.29 is 9.90 Å². The van der Waals surface area contributed by atoms with E-state index in [9.17, 15) is 9.90 Å². The van der Waals surface area contributed by atoms with Gasteiger partial charge in [-0.2, -0.15) is 0 Å². The van der Waals surface area contributed by atoms with Crippen LogP contribution in [0.4, 0.5) is 5.69 Å². The Morgan fingerprint density at radius 1 is 1.21 bits per heavy atom. The van der Waals surface area contributed by atoms with Crippen LogP contribution in [0.25, 0.3) is 0 Å². The summed E-state index contributed by atoms with van der Waals surface area (Å²) in [5.74, 6) is 7.17. The van der Waals surface area contributed by atoms with Crippen LogP contribution in [-0.4, -0.2) is 47.1 Å². The molecule has 1 aliphatic carbocycles. The molecule has 2 fully saturated rings. The van der Waals surface area contributed by atoms with E-state index in [1.54, 1.807) is 12.4 Å². The number of fused-ring (bicyclic) bond motifs is 3. The molecule has 148 valence electrons. The molecule has 5 rings (SSSR count). The lowest BCUT2D eigenvalue weighted by Gasteiger charge is -2.44. The van der Waals surface area contributed by atoms with Crippen molar-refractivity contribution in [3.8, 4) is 11.8 Å². The molecular formula is C24H25N3O2. The molecule has 0 unspecified atom stereocenters. The van der Waals surface area contributed by atoms with Crippen molar-refractivity contribution in [2.75, 3.05) is 25.1 Å². The standard InChI is InChI=1S/C24H25N3O2/c1-26-21-9-6-16(4-5-17-3-2-11-25-14-17)13-20(21)23-19(22(26)15-28)10-12-27(23)24(29)18-7-8-18/h2-3,6,9,11,13-14,18-19,22-23,28H,7-8,10,12,15H2,1H3/t19-,22+,23-/m1/s1. The largest absolute Gasteiger partial charge is 0.394 e. The summed E-state index contributed by atoms with van der Waals surface area (Å²) in [6.45, 7) is 0.880. The molecule has 1 aromatic heterocycles. The summed E-state index contributed by atoms with van der Waals surface area (Å²) in [5, 5.41) is 10.1. The molecule has 3 aliphatic rings. The second-order valence-electron chi connectivity index (χ2n) is 8.33. The number of likely N-dealkylation sites (N-methyl/N-ethyl adjacent to an activating group) is 1. The lowest BCUT2D eigenvalue weighted by atomic mass is 9.81. The molecule has 3 heterocycles. The number of nitrogens with zero attached hydrogens (tertiary/aromatic N) is 3. The molecule has 3 atom stereocenters. The van der Waals surface area contributed by atoms with Crippen molar-refractivity contribution in [2.45, 2.75) is 31.3 Å². The molecule has 5 nitrogen and oxygen atoms in total. The molecule has 2 aromatic rings. The average Bonchev–Trinajstić information content (AvgIpc) is 3.52. The van der Waals surface area contributed by atoms with Crippen LogP contribution < -0.4 is 4.90 Å². The number of benzene rings is 1. The van der Waals surface area contributed by atoms with Gasteiger partial charge in [0.1, 0.15) is 0 Å². The number of likely N-dealkylation sites (tertiary alicyclic amines) is 1. The van der Waals surface area contributed by atoms with Gasteiger partial charge in [-0.05, 0) is 55.2 Å². The zero-order valence-electron chi connectivity index (χ0n) is 16.6. The highest BCUT2D eigenvalue weighted by molar-refractivity contribution is 5.82. The van der Waals surface area contributed by atoms with Gasteiger partial charge in [0.15, 0.2) is 0 Å². The van der Waals surface area contributed by atoms with Gasteiger partial charge in [0.2, 0.25) is 5.91 Å². The van der Waals surface area contributed by atoms with E-state index in [0.717, 1.165) is 48.2 Å². The van der Waals surface area contributed by atoms with Crippen molar-refractivity contribution in [3.05, 3.63) is 59.4 Å². The van der Waals surface area contributed by atoms with E-state index >= 15 is 0 Å². The van der Waals surface area contributed by atoms with Crippen LogP contribution in [0.5, 0.6) is 0 Å². The molecule has 1 aromatic carbocycles. The highest BCUT2D eigenvalue weighted by Crippen LogP contribution is 2.50. The predicted octanol–water partition coefficient (Wildman–Crippen LogP) is 2.59. The Balaban J connectivity index is 1.54. The maximum Gasteiger partial charge on any atom is 0.226 e. The van der Waals surface area contributed by atoms with Crippen LogP contribution in [0.2, 0.25) is 0 Å². The van der Waals surface area contributed by atoms with E-state index in [1.807, 2.05) is 25.2 Å². The fraction of sp³-hybridized carbons (Fsp3) is 0.417. The number of carbonyl (C=O) groups is 1. The number of aliphatic hydroxyl groups is 1. The van der Waals surface area contributed by atoms with Gasteiger partial charge in [-0.15, -0.1) is 0 Å². The number of carbonyl (C=O) groups excluding carboxylic acids is 1. The first-order valence-electron chi connectivity index (χ1n) is 10.4. The summed E-state index contributed by atoms with van der Waals surface area (Å²) >= 11 is 0. The SMILES string of the molecule is CN1c2ccc(C#Cc3cccnc3)cc2[C@H]2[C@H](CCN2C(=O)C2CC2)[C@@H]1CO. The molecule has 0 spiro atoms. The van der Waals surface area contributed by atoms with Crippen molar-refractivity contribution in [1.29, 1.82) is 0 Å². The monoisotopic (exact) mass is 387 g/mol. The minimum absolute atomic E-state index is 0.0339. The Bertz CT molecular complexity index is 990. The highest BCUT2D eigenvalue weighted by atomic mass is 16.3. The Morgan fingerprint density at radius 2 is 2.03 bits per heavy atom. The van der Waals surface area contributed by atoms with E-state index in [4.69, 9.17) is 0 Å². The molecule has 1 saturated heterocycles. The molecule has 1 saturated carbocycles. The fourth-order valence-electron chi connectivity index (χ4n) is 4.92. The summed E-state index contributed by atoms with van der Waals surface area (Å²) in [6, 6.07) is 10.1. The second-order valence-corrected chi connectivity index (χ2v) is 8.33. The lowest BCUT2D eigenvalue weighted by molar-refractivity contribution is -0.134. The third-order valence-corrected chi connectivity index (χ3v) is 6.57. The van der Waals surface area contributed by atoms with Crippen molar-refractivity contribution in [2.24, 2.45) is 11.8 Å². The van der Waals surface area contributed by atoms with Crippen molar-refractivity contribution in [3.63, 3.8) is 0 Å². The number of rotatable bonds is 2. The van der Waals surface area contributed by atoms with Crippen LogP contribution in [0.1, 0.15) is 42.0 Å². The number of aromatic nitrogens is 1. The smallest absolute Gasteiger partial charge is 0.226 e. The first-order valence-corrected chi connectivity index (χ1v) is 10.4. The van der Waals surface area contributed by atoms with E-state index in [0.29, 0.717) is 0 Å². The first-order chi connectivity index (χ1) is 14.2. The Kier molecular flexibility index (Phi) is 4.52. The van der Waals surface area contributed by atoms with Gasteiger partial charge in [-0.1, -0.05) is 11.8 Å². The maximum atomic E-state index is 13.0. The minimum Gasteiger partial charge on any atom is -0.394 e. The number of anilines is 1. The number of aliphatic hydroxyl groups excluding tert-OH is 1. The van der Waals surface area contributed by atoms with Crippen molar-refractivity contribution in [1.82, 2.24) is 9.88 Å². The summed E-state index contributed by atoms with van der Waals surface area (Å²) < 4.78 is 0. The lowest BCUT2D eigenvalue weighted by Crippen LogP contribution is -2.48. The first kappa shape index (κ1) is 18.2. The quantitative estimate of drug-likeness (QED) is 0.805. The van der Waals surface area contributed by atoms with E-state index in [1.165, 1.54) is 0 Å². The number of hydrogen-bond donors (Lipinski definition) is 1. The molecule has 29 heavy (non-hydrogen) atoms. The number of pyridine rings is 1. The summed E-state index contributed by atoms with van der Waals surface area (Å²) in [5.41, 5.74) is 4.07. The third kappa shape index (κ3) is 3.18. The predicted molar refractivity (Wildman–Crippen MR) is 111 cm³/mol. The van der Waals surface area contributed by atoms with E-state index < -0.39 is 0 Å². The Morgan fingerprint density at radius 3 is 2.76 bits per heavy atom. The van der Waals surface area contributed by atoms with Gasteiger partial charge in [-0.25, -0.2) is 0 Å². The van der Waals surface area contributed by atoms with Crippen LogP contribution in [0.3, 0.4) is 0 Å². The van der Waals surface area contributed by atoms with Gasteiger partial charge in [0, 0.05) is 54.6 Å². The van der Waals surface area contributed by atoms with Crippen molar-refractivity contribution >= 4 is 11.6 Å². The third-order valence-electron chi connectivity index (χ3n) is 6.57. The van der Waals surface area contributed by atoms with E-state index in [2.05, 4.69) is 38.8 Å². The van der Waals surface area contributed by atoms with Crippen LogP contribution in [0.15, 0.2) is 42.7 Å². The Labute approximate surface area is 171 Å². The zero-order valence-corrected chi connectivity index (χ0v) is 16.6. The van der Waals surface area contributed by atoms with Gasteiger partial charge in [0.25, 0.3) is 0 Å². The van der Waals surface area contributed by atoms with Crippen LogP contribution in [0, 0.1) is 23.7 Å². The molecule has 2 aliphatic heterocycles. The van der Waals surface area contributed by atoms with E-state index in [-0.39, 0.29) is 36.4 Å². The fourth-order valence-corrected chi connectivity index (χ4v) is 4.92. The molecule has 0 radical (unpaired) electrons. The molecule has 0 bridgehead atoms. The maximum absolute atomic E-state index is 13.0. The minimum atomic E-state index is 0.0339. The molecule has 5 heteroatoms. The zero-order chi connectivity index (χ0) is 20.0. The summed E-state index contributed by atoms with van der Waals surface area (Å²) in [4.78, 5) is 21.3. The Hall–Kier alpha value is -2.84. The average molecular weight is 387 g/mol. The molecular weight excluding hydrogens is 362 g/mol.